The second-order valence-corrected chi connectivity index (χ2v) is 5.40. The van der Waals surface area contributed by atoms with Crippen molar-refractivity contribution in [1.82, 2.24) is 0 Å². The van der Waals surface area contributed by atoms with Crippen LogP contribution in [0.15, 0.2) is 11.9 Å². The lowest BCUT2D eigenvalue weighted by Gasteiger charge is -2.19. The molecule has 0 aromatic rings. The molecule has 0 bridgehead atoms. The number of hydrogen-bond donors (Lipinski definition) is 0. The molecule has 0 aliphatic heterocycles. The molecule has 15 heavy (non-hydrogen) atoms. The Labute approximate surface area is 92.1 Å². The molecule has 0 heterocycles. The van der Waals surface area contributed by atoms with Crippen molar-refractivity contribution in [3.05, 3.63) is 11.9 Å². The summed E-state index contributed by atoms with van der Waals surface area (Å²) in [5, 5.41) is 0.375. The zero-order valence-corrected chi connectivity index (χ0v) is 10.9. The van der Waals surface area contributed by atoms with Gasteiger partial charge in [0.15, 0.2) is 0 Å². The molecule has 0 fully saturated rings. The molecule has 0 aromatic heterocycles. The van der Waals surface area contributed by atoms with Gasteiger partial charge in [0, 0.05) is 0 Å². The van der Waals surface area contributed by atoms with Gasteiger partial charge in [-0.1, -0.05) is 6.58 Å². The number of rotatable bonds is 8. The molecule has 90 valence electrons. The molecule has 0 spiro atoms. The van der Waals surface area contributed by atoms with Gasteiger partial charge in [-0.2, -0.15) is 0 Å². The highest BCUT2D eigenvalue weighted by Gasteiger charge is 2.27. The zero-order valence-electron chi connectivity index (χ0n) is 9.99. The fraction of sp³-hybridized carbons (Fsp3) is 0.800. The molecule has 0 saturated heterocycles. The maximum atomic E-state index is 12.1. The monoisotopic (exact) mass is 236 g/mol. The lowest BCUT2D eigenvalue weighted by atomic mass is 10.5. The van der Waals surface area contributed by atoms with E-state index in [-0.39, 0.29) is 12.7 Å². The highest BCUT2D eigenvalue weighted by molar-refractivity contribution is 7.58. The first-order valence-electron chi connectivity index (χ1n) is 5.15. The Kier molecular flexibility index (Phi) is 7.11. The smallest absolute Gasteiger partial charge is 0.359 e. The third-order valence-corrected chi connectivity index (χ3v) is 3.67. The van der Waals surface area contributed by atoms with Crippen molar-refractivity contribution in [1.29, 1.82) is 0 Å². The van der Waals surface area contributed by atoms with Crippen LogP contribution in [0.4, 0.5) is 0 Å². The van der Waals surface area contributed by atoms with Crippen LogP contribution in [0.1, 0.15) is 27.7 Å². The number of ether oxygens (including phenoxy) is 1. The Hall–Kier alpha value is -0.150. The fourth-order valence-corrected chi connectivity index (χ4v) is 2.25. The van der Waals surface area contributed by atoms with Crippen LogP contribution in [0.5, 0.6) is 0 Å². The van der Waals surface area contributed by atoms with Crippen molar-refractivity contribution in [2.45, 2.75) is 33.8 Å². The van der Waals surface area contributed by atoms with Crippen molar-refractivity contribution < 1.29 is 18.3 Å². The van der Waals surface area contributed by atoms with Crippen LogP contribution in [0.3, 0.4) is 0 Å². The molecule has 0 saturated carbocycles. The van der Waals surface area contributed by atoms with Crippen LogP contribution in [0, 0.1) is 0 Å². The van der Waals surface area contributed by atoms with Gasteiger partial charge < -0.3 is 13.8 Å². The minimum absolute atomic E-state index is 0.0680. The summed E-state index contributed by atoms with van der Waals surface area (Å²) in [5.41, 5.74) is 0. The van der Waals surface area contributed by atoms with Gasteiger partial charge in [-0.25, -0.2) is 0 Å². The Morgan fingerprint density at radius 2 is 1.73 bits per heavy atom. The van der Waals surface area contributed by atoms with E-state index in [1.807, 2.05) is 13.8 Å². The van der Waals surface area contributed by atoms with Gasteiger partial charge in [0.2, 0.25) is 0 Å². The van der Waals surface area contributed by atoms with E-state index in [2.05, 4.69) is 6.58 Å². The lowest BCUT2D eigenvalue weighted by molar-refractivity contribution is 0.0974. The van der Waals surface area contributed by atoms with Gasteiger partial charge in [0.05, 0.1) is 31.2 Å². The van der Waals surface area contributed by atoms with Crippen molar-refractivity contribution >= 4 is 7.60 Å². The summed E-state index contributed by atoms with van der Waals surface area (Å²) in [6.07, 6.45) is 0.0680. The molecule has 4 nitrogen and oxygen atoms in total. The summed E-state index contributed by atoms with van der Waals surface area (Å²) in [6, 6.07) is 0. The van der Waals surface area contributed by atoms with Gasteiger partial charge in [-0.15, -0.1) is 0 Å². The van der Waals surface area contributed by atoms with E-state index in [0.29, 0.717) is 18.5 Å². The van der Waals surface area contributed by atoms with E-state index in [9.17, 15) is 4.57 Å². The zero-order chi connectivity index (χ0) is 11.9. The summed E-state index contributed by atoms with van der Waals surface area (Å²) in [6.45, 7) is 11.9. The molecule has 0 rings (SSSR count). The van der Waals surface area contributed by atoms with Crippen molar-refractivity contribution in [3.63, 3.8) is 0 Å². The molecule has 0 aliphatic rings. The first-order valence-corrected chi connectivity index (χ1v) is 6.69. The van der Waals surface area contributed by atoms with E-state index < -0.39 is 7.60 Å². The first kappa shape index (κ1) is 14.8. The first-order chi connectivity index (χ1) is 6.96. The molecular weight excluding hydrogens is 215 g/mol. The topological polar surface area (TPSA) is 44.8 Å². The van der Waals surface area contributed by atoms with Crippen LogP contribution in [-0.4, -0.2) is 25.9 Å². The normalized spacial score (nSPS) is 12.1. The molecule has 0 atom stereocenters. The summed E-state index contributed by atoms with van der Waals surface area (Å²) < 4.78 is 27.6. The van der Waals surface area contributed by atoms with E-state index in [1.54, 1.807) is 13.8 Å². The molecule has 0 N–H and O–H groups in total. The van der Waals surface area contributed by atoms with E-state index in [0.717, 1.165) is 0 Å². The van der Waals surface area contributed by atoms with E-state index >= 15 is 0 Å². The van der Waals surface area contributed by atoms with Gasteiger partial charge in [-0.3, -0.25) is 4.57 Å². The van der Waals surface area contributed by atoms with Crippen LogP contribution in [0.25, 0.3) is 0 Å². The highest BCUT2D eigenvalue weighted by Crippen LogP contribution is 2.55. The molecule has 0 amide bonds. The van der Waals surface area contributed by atoms with Crippen LogP contribution < -0.4 is 0 Å². The van der Waals surface area contributed by atoms with Crippen LogP contribution >= 0.6 is 7.60 Å². The lowest BCUT2D eigenvalue weighted by Crippen LogP contribution is -2.08. The largest absolute Gasteiger partial charge is 0.374 e. The third-order valence-electron chi connectivity index (χ3n) is 1.57. The predicted molar refractivity (Wildman–Crippen MR) is 61.1 cm³/mol. The highest BCUT2D eigenvalue weighted by atomic mass is 31.2. The average Bonchev–Trinajstić information content (AvgIpc) is 2.14. The van der Waals surface area contributed by atoms with E-state index in [4.69, 9.17) is 13.8 Å². The van der Waals surface area contributed by atoms with Gasteiger partial charge in [-0.05, 0) is 27.7 Å². The Morgan fingerprint density at radius 3 is 2.07 bits per heavy atom. The fourth-order valence-electron chi connectivity index (χ4n) is 0.902. The Balaban J connectivity index is 4.35. The Bertz CT molecular complexity index is 228. The maximum Gasteiger partial charge on any atom is 0.359 e. The third kappa shape index (κ3) is 5.47. The van der Waals surface area contributed by atoms with Crippen molar-refractivity contribution in [2.75, 3.05) is 19.8 Å². The molecular formula is C10H21O4P. The molecule has 0 aromatic carbocycles. The summed E-state index contributed by atoms with van der Waals surface area (Å²) >= 11 is 0. The van der Waals surface area contributed by atoms with Crippen LogP contribution in [0.2, 0.25) is 0 Å². The number of hydrogen-bond acceptors (Lipinski definition) is 4. The predicted octanol–water partition coefficient (Wildman–Crippen LogP) is 3.19. The summed E-state index contributed by atoms with van der Waals surface area (Å²) in [5.74, 6) is 0. The average molecular weight is 236 g/mol. The minimum Gasteiger partial charge on any atom is -0.374 e. The van der Waals surface area contributed by atoms with Gasteiger partial charge in [0.1, 0.15) is 0 Å². The van der Waals surface area contributed by atoms with Crippen molar-refractivity contribution in [3.8, 4) is 0 Å². The molecule has 0 radical (unpaired) electrons. The SMILES string of the molecule is C=C(COC(C)C)P(=O)(OCC)OCC. The molecule has 0 aliphatic carbocycles. The van der Waals surface area contributed by atoms with E-state index in [1.165, 1.54) is 0 Å². The van der Waals surface area contributed by atoms with Crippen LogP contribution in [-0.2, 0) is 18.3 Å². The second kappa shape index (κ2) is 7.18. The standard InChI is InChI=1S/C10H21O4P/c1-6-13-15(11,14-7-2)10(5)8-12-9(3)4/h9H,5-8H2,1-4H3. The second-order valence-electron chi connectivity index (χ2n) is 3.26. The van der Waals surface area contributed by atoms with Crippen molar-refractivity contribution in [2.24, 2.45) is 0 Å². The molecule has 5 heteroatoms. The van der Waals surface area contributed by atoms with Gasteiger partial charge in [0.25, 0.3) is 0 Å². The Morgan fingerprint density at radius 1 is 1.27 bits per heavy atom. The molecule has 0 unspecified atom stereocenters. The summed E-state index contributed by atoms with van der Waals surface area (Å²) in [7, 11) is -3.19. The minimum atomic E-state index is -3.19. The maximum absolute atomic E-state index is 12.1. The quantitative estimate of drug-likeness (QED) is 0.607. The summed E-state index contributed by atoms with van der Waals surface area (Å²) in [4.78, 5) is 0. The van der Waals surface area contributed by atoms with Gasteiger partial charge >= 0.3 is 7.60 Å².